The standard InChI is InChI=1S/C14H20N2O2/c1-10-4-3-6-14(9-10,13(17)18)16-12-5-7-15-11(2)8-12/h5,7-8,10H,3-4,6,9H2,1-2H3,(H,15,16)(H,17,18). The molecular formula is C14H20N2O2. The van der Waals surface area contributed by atoms with Crippen molar-refractivity contribution in [3.05, 3.63) is 24.0 Å². The van der Waals surface area contributed by atoms with Crippen molar-refractivity contribution >= 4 is 11.7 Å². The van der Waals surface area contributed by atoms with E-state index in [0.717, 1.165) is 24.2 Å². The predicted molar refractivity (Wildman–Crippen MR) is 70.6 cm³/mol. The number of carboxylic acid groups (broad SMARTS) is 1. The predicted octanol–water partition coefficient (Wildman–Crippen LogP) is 2.84. The topological polar surface area (TPSA) is 62.2 Å². The molecule has 0 amide bonds. The fraction of sp³-hybridized carbons (Fsp3) is 0.571. The normalized spacial score (nSPS) is 27.8. The van der Waals surface area contributed by atoms with Crippen molar-refractivity contribution in [1.82, 2.24) is 4.98 Å². The van der Waals surface area contributed by atoms with Gasteiger partial charge in [0.05, 0.1) is 0 Å². The van der Waals surface area contributed by atoms with Crippen LogP contribution in [-0.2, 0) is 4.79 Å². The van der Waals surface area contributed by atoms with E-state index in [1.807, 2.05) is 19.1 Å². The quantitative estimate of drug-likeness (QED) is 0.863. The number of aliphatic carboxylic acids is 1. The summed E-state index contributed by atoms with van der Waals surface area (Å²) in [5.41, 5.74) is 0.925. The van der Waals surface area contributed by atoms with Gasteiger partial charge in [-0.1, -0.05) is 19.8 Å². The van der Waals surface area contributed by atoms with Gasteiger partial charge in [-0.15, -0.1) is 0 Å². The molecule has 4 heteroatoms. The number of anilines is 1. The summed E-state index contributed by atoms with van der Waals surface area (Å²) in [5.74, 6) is -0.297. The van der Waals surface area contributed by atoms with E-state index in [9.17, 15) is 9.90 Å². The molecule has 1 heterocycles. The summed E-state index contributed by atoms with van der Waals surface area (Å²) in [6.07, 6.45) is 5.16. The molecule has 0 spiro atoms. The van der Waals surface area contributed by atoms with Crippen molar-refractivity contribution < 1.29 is 9.90 Å². The summed E-state index contributed by atoms with van der Waals surface area (Å²) in [7, 11) is 0. The Morgan fingerprint density at radius 2 is 2.39 bits per heavy atom. The van der Waals surface area contributed by atoms with Crippen LogP contribution in [0.25, 0.3) is 0 Å². The van der Waals surface area contributed by atoms with Gasteiger partial charge in [-0.25, -0.2) is 4.79 Å². The SMILES string of the molecule is Cc1cc(NC2(C(=O)O)CCCC(C)C2)ccn1. The highest BCUT2D eigenvalue weighted by Gasteiger charge is 2.41. The Hall–Kier alpha value is -1.58. The van der Waals surface area contributed by atoms with Crippen LogP contribution in [0.4, 0.5) is 5.69 Å². The molecule has 2 rings (SSSR count). The van der Waals surface area contributed by atoms with Crippen LogP contribution in [0.15, 0.2) is 18.3 Å². The number of carbonyl (C=O) groups is 1. The van der Waals surface area contributed by atoms with Gasteiger partial charge < -0.3 is 10.4 Å². The lowest BCUT2D eigenvalue weighted by atomic mass is 9.76. The van der Waals surface area contributed by atoms with Crippen LogP contribution in [0, 0.1) is 12.8 Å². The number of carboxylic acids is 1. The van der Waals surface area contributed by atoms with Gasteiger partial charge in [0.2, 0.25) is 0 Å². The van der Waals surface area contributed by atoms with Crippen molar-refractivity contribution in [3.63, 3.8) is 0 Å². The van der Waals surface area contributed by atoms with Crippen molar-refractivity contribution in [1.29, 1.82) is 0 Å². The third kappa shape index (κ3) is 2.63. The summed E-state index contributed by atoms with van der Waals surface area (Å²) >= 11 is 0. The molecule has 98 valence electrons. The fourth-order valence-corrected chi connectivity index (χ4v) is 2.81. The Labute approximate surface area is 107 Å². The van der Waals surface area contributed by atoms with Gasteiger partial charge in [0, 0.05) is 17.6 Å². The van der Waals surface area contributed by atoms with Crippen LogP contribution in [-0.4, -0.2) is 21.6 Å². The molecule has 0 aromatic carbocycles. The Bertz CT molecular complexity index is 447. The van der Waals surface area contributed by atoms with Crippen molar-refractivity contribution in [2.75, 3.05) is 5.32 Å². The minimum Gasteiger partial charge on any atom is -0.480 e. The highest BCUT2D eigenvalue weighted by atomic mass is 16.4. The maximum absolute atomic E-state index is 11.6. The molecule has 0 radical (unpaired) electrons. The minimum absolute atomic E-state index is 0.449. The second kappa shape index (κ2) is 4.96. The average molecular weight is 248 g/mol. The number of pyridine rings is 1. The van der Waals surface area contributed by atoms with Gasteiger partial charge in [-0.05, 0) is 37.8 Å². The molecule has 1 aliphatic carbocycles. The molecular weight excluding hydrogens is 228 g/mol. The maximum atomic E-state index is 11.6. The van der Waals surface area contributed by atoms with Crippen LogP contribution in [0.5, 0.6) is 0 Å². The van der Waals surface area contributed by atoms with E-state index < -0.39 is 11.5 Å². The zero-order valence-electron chi connectivity index (χ0n) is 10.9. The molecule has 2 unspecified atom stereocenters. The average Bonchev–Trinajstić information content (AvgIpc) is 2.28. The number of rotatable bonds is 3. The summed E-state index contributed by atoms with van der Waals surface area (Å²) in [6.45, 7) is 4.03. The van der Waals surface area contributed by atoms with E-state index in [1.165, 1.54) is 0 Å². The second-order valence-electron chi connectivity index (χ2n) is 5.40. The van der Waals surface area contributed by atoms with E-state index >= 15 is 0 Å². The molecule has 2 atom stereocenters. The minimum atomic E-state index is -0.814. The van der Waals surface area contributed by atoms with E-state index in [2.05, 4.69) is 17.2 Å². The van der Waals surface area contributed by atoms with Crippen LogP contribution >= 0.6 is 0 Å². The number of hydrogen-bond acceptors (Lipinski definition) is 3. The first-order chi connectivity index (χ1) is 8.52. The molecule has 1 aromatic heterocycles. The largest absolute Gasteiger partial charge is 0.480 e. The zero-order valence-corrected chi connectivity index (χ0v) is 10.9. The molecule has 1 aromatic rings. The Morgan fingerprint density at radius 3 is 3.00 bits per heavy atom. The molecule has 18 heavy (non-hydrogen) atoms. The van der Waals surface area contributed by atoms with Gasteiger partial charge in [-0.3, -0.25) is 4.98 Å². The number of nitrogens with zero attached hydrogens (tertiary/aromatic N) is 1. The van der Waals surface area contributed by atoms with E-state index in [0.29, 0.717) is 18.8 Å². The molecule has 0 saturated heterocycles. The zero-order chi connectivity index (χ0) is 13.2. The number of aryl methyl sites for hydroxylation is 1. The molecule has 2 N–H and O–H groups in total. The van der Waals surface area contributed by atoms with Crippen LogP contribution in [0.3, 0.4) is 0 Å². The molecule has 1 saturated carbocycles. The van der Waals surface area contributed by atoms with Gasteiger partial charge in [-0.2, -0.15) is 0 Å². The van der Waals surface area contributed by atoms with Crippen molar-refractivity contribution in [2.24, 2.45) is 5.92 Å². The fourth-order valence-electron chi connectivity index (χ4n) is 2.81. The van der Waals surface area contributed by atoms with Crippen LogP contribution in [0.2, 0.25) is 0 Å². The molecule has 1 fully saturated rings. The van der Waals surface area contributed by atoms with E-state index in [4.69, 9.17) is 0 Å². The first kappa shape index (κ1) is 12.9. The number of hydrogen-bond donors (Lipinski definition) is 2. The summed E-state index contributed by atoms with van der Waals surface area (Å²) in [4.78, 5) is 15.8. The number of aromatic nitrogens is 1. The van der Waals surface area contributed by atoms with Gasteiger partial charge in [0.15, 0.2) is 0 Å². The second-order valence-corrected chi connectivity index (χ2v) is 5.40. The summed E-state index contributed by atoms with van der Waals surface area (Å²) in [6, 6.07) is 3.72. The van der Waals surface area contributed by atoms with Crippen LogP contribution in [0.1, 0.15) is 38.3 Å². The van der Waals surface area contributed by atoms with Gasteiger partial charge in [0.25, 0.3) is 0 Å². The highest BCUT2D eigenvalue weighted by Crippen LogP contribution is 2.35. The third-order valence-corrected chi connectivity index (χ3v) is 3.69. The Balaban J connectivity index is 2.23. The monoisotopic (exact) mass is 248 g/mol. The lowest BCUT2D eigenvalue weighted by Crippen LogP contribution is -2.49. The summed E-state index contributed by atoms with van der Waals surface area (Å²) < 4.78 is 0. The first-order valence-corrected chi connectivity index (χ1v) is 6.46. The molecule has 0 bridgehead atoms. The van der Waals surface area contributed by atoms with Gasteiger partial charge in [0.1, 0.15) is 5.54 Å². The highest BCUT2D eigenvalue weighted by molar-refractivity contribution is 5.83. The molecule has 4 nitrogen and oxygen atoms in total. The number of nitrogens with one attached hydrogen (secondary N) is 1. The lowest BCUT2D eigenvalue weighted by Gasteiger charge is -2.37. The van der Waals surface area contributed by atoms with Crippen molar-refractivity contribution in [3.8, 4) is 0 Å². The Morgan fingerprint density at radius 1 is 1.61 bits per heavy atom. The molecule has 0 aliphatic heterocycles. The Kier molecular flexibility index (Phi) is 3.55. The first-order valence-electron chi connectivity index (χ1n) is 6.46. The van der Waals surface area contributed by atoms with Gasteiger partial charge >= 0.3 is 5.97 Å². The van der Waals surface area contributed by atoms with E-state index in [-0.39, 0.29) is 0 Å². The maximum Gasteiger partial charge on any atom is 0.329 e. The summed E-state index contributed by atoms with van der Waals surface area (Å²) in [5, 5.41) is 12.8. The lowest BCUT2D eigenvalue weighted by molar-refractivity contribution is -0.144. The third-order valence-electron chi connectivity index (χ3n) is 3.69. The molecule has 1 aliphatic rings. The van der Waals surface area contributed by atoms with E-state index in [1.54, 1.807) is 6.20 Å². The van der Waals surface area contributed by atoms with Crippen LogP contribution < -0.4 is 5.32 Å². The smallest absolute Gasteiger partial charge is 0.329 e. The van der Waals surface area contributed by atoms with Crippen molar-refractivity contribution in [2.45, 2.75) is 45.1 Å².